The lowest BCUT2D eigenvalue weighted by molar-refractivity contribution is -0.144. The number of hydrogen-bond acceptors (Lipinski definition) is 3. The van der Waals surface area contributed by atoms with Gasteiger partial charge in [-0.25, -0.2) is 8.78 Å². The summed E-state index contributed by atoms with van der Waals surface area (Å²) in [5, 5.41) is 0.475. The molecule has 1 N–H and O–H groups in total. The van der Waals surface area contributed by atoms with E-state index in [9.17, 15) is 13.6 Å². The van der Waals surface area contributed by atoms with Crippen molar-refractivity contribution >= 4 is 16.9 Å². The molecule has 102 valence electrons. The zero-order valence-electron chi connectivity index (χ0n) is 10.3. The Labute approximate surface area is 108 Å². The van der Waals surface area contributed by atoms with Crippen molar-refractivity contribution in [2.75, 3.05) is 20.3 Å². The molecule has 0 aliphatic carbocycles. The van der Waals surface area contributed by atoms with Crippen molar-refractivity contribution in [3.05, 3.63) is 35.5 Å². The number of methoxy groups -OCH3 is 1. The molecular weight excluding hydrogens is 256 g/mol. The number of carbonyl (C=O) groups excluding carboxylic acids is 1. The van der Waals surface area contributed by atoms with Gasteiger partial charge in [-0.05, 0) is 11.6 Å². The fourth-order valence-electron chi connectivity index (χ4n) is 1.77. The summed E-state index contributed by atoms with van der Waals surface area (Å²) in [6.45, 7) is 0.486. The van der Waals surface area contributed by atoms with Gasteiger partial charge in [0.05, 0.1) is 13.0 Å². The van der Waals surface area contributed by atoms with Crippen molar-refractivity contribution in [1.82, 2.24) is 4.98 Å². The Morgan fingerprint density at radius 3 is 2.74 bits per heavy atom. The summed E-state index contributed by atoms with van der Waals surface area (Å²) in [7, 11) is 1.50. The van der Waals surface area contributed by atoms with Gasteiger partial charge in [0.2, 0.25) is 0 Å². The van der Waals surface area contributed by atoms with Crippen LogP contribution in [-0.4, -0.2) is 31.3 Å². The highest BCUT2D eigenvalue weighted by Gasteiger charge is 2.12. The van der Waals surface area contributed by atoms with Gasteiger partial charge in [0.1, 0.15) is 6.61 Å². The summed E-state index contributed by atoms with van der Waals surface area (Å²) >= 11 is 0. The number of aromatic nitrogens is 1. The molecule has 0 saturated heterocycles. The average Bonchev–Trinajstić information content (AvgIpc) is 2.73. The van der Waals surface area contributed by atoms with Crippen LogP contribution in [0, 0.1) is 11.6 Å². The maximum Gasteiger partial charge on any atom is 0.310 e. The highest BCUT2D eigenvalue weighted by Crippen LogP contribution is 2.22. The first-order valence-electron chi connectivity index (χ1n) is 5.71. The molecule has 0 unspecified atom stereocenters. The maximum atomic E-state index is 13.2. The predicted molar refractivity (Wildman–Crippen MR) is 64.8 cm³/mol. The molecule has 0 aliphatic rings. The molecular formula is C13H13F2NO3. The van der Waals surface area contributed by atoms with Gasteiger partial charge in [-0.2, -0.15) is 0 Å². The molecule has 19 heavy (non-hydrogen) atoms. The first kappa shape index (κ1) is 13.5. The largest absolute Gasteiger partial charge is 0.463 e. The van der Waals surface area contributed by atoms with Gasteiger partial charge in [0.25, 0.3) is 0 Å². The molecule has 2 aromatic rings. The molecule has 1 aromatic heterocycles. The van der Waals surface area contributed by atoms with Gasteiger partial charge < -0.3 is 14.5 Å². The van der Waals surface area contributed by atoms with Crippen molar-refractivity contribution in [2.45, 2.75) is 6.42 Å². The van der Waals surface area contributed by atoms with E-state index in [1.807, 2.05) is 0 Å². The molecule has 6 heteroatoms. The van der Waals surface area contributed by atoms with Crippen molar-refractivity contribution in [3.63, 3.8) is 0 Å². The molecule has 0 atom stereocenters. The number of carbonyl (C=O) groups is 1. The number of esters is 1. The lowest BCUT2D eigenvalue weighted by Gasteiger charge is -2.03. The summed E-state index contributed by atoms with van der Waals surface area (Å²) in [6, 6.07) is 2.13. The van der Waals surface area contributed by atoms with E-state index in [0.29, 0.717) is 23.1 Å². The average molecular weight is 269 g/mol. The number of ether oxygens (including phenoxy) is 2. The fourth-order valence-corrected chi connectivity index (χ4v) is 1.77. The second-order valence-electron chi connectivity index (χ2n) is 4.02. The number of aromatic amines is 1. The Bertz CT molecular complexity index is 595. The van der Waals surface area contributed by atoms with Crippen LogP contribution in [0.15, 0.2) is 18.3 Å². The highest BCUT2D eigenvalue weighted by atomic mass is 19.2. The van der Waals surface area contributed by atoms with Crippen LogP contribution in [0.3, 0.4) is 0 Å². The van der Waals surface area contributed by atoms with Gasteiger partial charge in [-0.3, -0.25) is 4.79 Å². The molecule has 1 aromatic carbocycles. The van der Waals surface area contributed by atoms with E-state index in [1.54, 1.807) is 6.20 Å². The Kier molecular flexibility index (Phi) is 4.11. The van der Waals surface area contributed by atoms with Crippen molar-refractivity contribution < 1.29 is 23.0 Å². The van der Waals surface area contributed by atoms with E-state index in [1.165, 1.54) is 7.11 Å². The highest BCUT2D eigenvalue weighted by molar-refractivity contribution is 5.87. The lowest BCUT2D eigenvalue weighted by atomic mass is 10.1. The summed E-state index contributed by atoms with van der Waals surface area (Å²) in [4.78, 5) is 14.3. The summed E-state index contributed by atoms with van der Waals surface area (Å²) in [5.41, 5.74) is 1.01. The normalized spacial score (nSPS) is 10.9. The quantitative estimate of drug-likeness (QED) is 0.668. The van der Waals surface area contributed by atoms with E-state index in [4.69, 9.17) is 9.47 Å². The predicted octanol–water partition coefficient (Wildman–Crippen LogP) is 2.18. The molecule has 1 heterocycles. The Morgan fingerprint density at radius 2 is 2.00 bits per heavy atom. The van der Waals surface area contributed by atoms with Crippen LogP contribution in [-0.2, 0) is 20.7 Å². The Morgan fingerprint density at radius 1 is 1.26 bits per heavy atom. The fraction of sp³-hybridized carbons (Fsp3) is 0.308. The Balaban J connectivity index is 2.13. The van der Waals surface area contributed by atoms with E-state index in [2.05, 4.69) is 4.98 Å². The second kappa shape index (κ2) is 5.79. The number of rotatable bonds is 5. The van der Waals surface area contributed by atoms with Crippen LogP contribution < -0.4 is 0 Å². The molecule has 0 aliphatic heterocycles. The standard InChI is InChI=1S/C13H13F2NO3/c1-18-2-3-19-13(17)4-8-7-16-12-6-11(15)10(14)5-9(8)12/h5-7,16H,2-4H2,1H3. The number of fused-ring (bicyclic) bond motifs is 1. The van der Waals surface area contributed by atoms with Crippen LogP contribution >= 0.6 is 0 Å². The third-order valence-electron chi connectivity index (χ3n) is 2.69. The molecule has 2 rings (SSSR count). The van der Waals surface area contributed by atoms with Crippen LogP contribution in [0.1, 0.15) is 5.56 Å². The SMILES string of the molecule is COCCOC(=O)Cc1c[nH]c2cc(F)c(F)cc12. The molecule has 0 fully saturated rings. The van der Waals surface area contributed by atoms with Crippen LogP contribution in [0.2, 0.25) is 0 Å². The van der Waals surface area contributed by atoms with Gasteiger partial charge in [0, 0.05) is 30.3 Å². The first-order valence-corrected chi connectivity index (χ1v) is 5.71. The Hall–Kier alpha value is -1.95. The van der Waals surface area contributed by atoms with E-state index >= 15 is 0 Å². The number of halogens is 2. The number of benzene rings is 1. The minimum atomic E-state index is -0.943. The van der Waals surface area contributed by atoms with E-state index in [0.717, 1.165) is 12.1 Å². The zero-order valence-corrected chi connectivity index (χ0v) is 10.3. The number of H-pyrrole nitrogens is 1. The van der Waals surface area contributed by atoms with Crippen LogP contribution in [0.4, 0.5) is 8.78 Å². The summed E-state index contributed by atoms with van der Waals surface area (Å²) in [5.74, 6) is -2.31. The second-order valence-corrected chi connectivity index (χ2v) is 4.02. The lowest BCUT2D eigenvalue weighted by Crippen LogP contribution is -2.11. The topological polar surface area (TPSA) is 51.3 Å². The number of nitrogens with one attached hydrogen (secondary N) is 1. The smallest absolute Gasteiger partial charge is 0.310 e. The van der Waals surface area contributed by atoms with E-state index in [-0.39, 0.29) is 13.0 Å². The zero-order chi connectivity index (χ0) is 13.8. The van der Waals surface area contributed by atoms with E-state index < -0.39 is 17.6 Å². The molecule has 0 radical (unpaired) electrons. The summed E-state index contributed by atoms with van der Waals surface area (Å²) in [6.07, 6.45) is 1.54. The molecule has 0 bridgehead atoms. The molecule has 0 spiro atoms. The molecule has 0 saturated carbocycles. The van der Waals surface area contributed by atoms with Gasteiger partial charge >= 0.3 is 5.97 Å². The minimum Gasteiger partial charge on any atom is -0.463 e. The monoisotopic (exact) mass is 269 g/mol. The minimum absolute atomic E-state index is 0.00517. The third kappa shape index (κ3) is 3.08. The van der Waals surface area contributed by atoms with Gasteiger partial charge in [-0.1, -0.05) is 0 Å². The molecule has 0 amide bonds. The van der Waals surface area contributed by atoms with Gasteiger partial charge in [0.15, 0.2) is 11.6 Å². The molecule has 4 nitrogen and oxygen atoms in total. The number of hydrogen-bond donors (Lipinski definition) is 1. The van der Waals surface area contributed by atoms with Crippen LogP contribution in [0.25, 0.3) is 10.9 Å². The van der Waals surface area contributed by atoms with Crippen molar-refractivity contribution in [3.8, 4) is 0 Å². The van der Waals surface area contributed by atoms with Crippen molar-refractivity contribution in [1.29, 1.82) is 0 Å². The first-order chi connectivity index (χ1) is 9.11. The third-order valence-corrected chi connectivity index (χ3v) is 2.69. The van der Waals surface area contributed by atoms with Crippen LogP contribution in [0.5, 0.6) is 0 Å². The maximum absolute atomic E-state index is 13.2. The van der Waals surface area contributed by atoms with Gasteiger partial charge in [-0.15, -0.1) is 0 Å². The summed E-state index contributed by atoms with van der Waals surface area (Å²) < 4.78 is 35.9. The van der Waals surface area contributed by atoms with Crippen molar-refractivity contribution in [2.24, 2.45) is 0 Å².